The van der Waals surface area contributed by atoms with E-state index in [0.29, 0.717) is 0 Å². The van der Waals surface area contributed by atoms with E-state index in [1.165, 1.54) is 27.3 Å². The Hall–Kier alpha value is -3.26. The molecule has 25 heavy (non-hydrogen) atoms. The highest BCUT2D eigenvalue weighted by atomic mass is 16.3. The predicted octanol–water partition coefficient (Wildman–Crippen LogP) is 6.49. The van der Waals surface area contributed by atoms with Gasteiger partial charge in [0.15, 0.2) is 0 Å². The van der Waals surface area contributed by atoms with E-state index in [1.807, 2.05) is 30.3 Å². The van der Waals surface area contributed by atoms with Crippen LogP contribution in [0.5, 0.6) is 0 Å². The molecule has 3 aromatic carbocycles. The van der Waals surface area contributed by atoms with E-state index < -0.39 is 0 Å². The molecule has 118 valence electrons. The Labute approximate surface area is 144 Å². The molecular weight excluding hydrogens is 308 g/mol. The van der Waals surface area contributed by atoms with Crippen molar-refractivity contribution in [1.29, 1.82) is 0 Å². The summed E-state index contributed by atoms with van der Waals surface area (Å²) in [5, 5.41) is 3.56. The lowest BCUT2D eigenvalue weighted by Gasteiger charge is -2.11. The summed E-state index contributed by atoms with van der Waals surface area (Å²) in [6.45, 7) is 0. The molecule has 2 heteroatoms. The molecule has 0 spiro atoms. The molecule has 6 rings (SSSR count). The fourth-order valence-electron chi connectivity index (χ4n) is 4.13. The summed E-state index contributed by atoms with van der Waals surface area (Å²) < 4.78 is 12.1. The summed E-state index contributed by atoms with van der Waals surface area (Å²) in [5.74, 6) is 1.15. The first-order chi connectivity index (χ1) is 12.4. The lowest BCUT2D eigenvalue weighted by molar-refractivity contribution is 0.601. The van der Waals surface area contributed by atoms with Crippen LogP contribution in [0.25, 0.3) is 39.0 Å². The minimum atomic E-state index is 0.184. The molecule has 0 saturated carbocycles. The van der Waals surface area contributed by atoms with Crippen LogP contribution in [0.15, 0.2) is 81.6 Å². The van der Waals surface area contributed by atoms with Crippen LogP contribution in [-0.2, 0) is 0 Å². The Kier molecular flexibility index (Phi) is 2.43. The van der Waals surface area contributed by atoms with Crippen LogP contribution in [0.1, 0.15) is 22.8 Å². The Morgan fingerprint density at radius 3 is 2.24 bits per heavy atom. The Morgan fingerprint density at radius 1 is 0.640 bits per heavy atom. The van der Waals surface area contributed by atoms with Crippen molar-refractivity contribution >= 4 is 39.0 Å². The molecule has 2 nitrogen and oxygen atoms in total. The number of para-hydroxylation sites is 2. The molecule has 2 heterocycles. The third-order valence-electron chi connectivity index (χ3n) is 5.18. The topological polar surface area (TPSA) is 26.3 Å². The number of allylic oxidation sites excluding steroid dienone is 1. The molecule has 0 bridgehead atoms. The molecule has 0 N–H and O–H groups in total. The second kappa shape index (κ2) is 4.64. The highest BCUT2D eigenvalue weighted by Gasteiger charge is 2.27. The number of fused-ring (bicyclic) bond motifs is 6. The van der Waals surface area contributed by atoms with Gasteiger partial charge in [0.2, 0.25) is 0 Å². The third-order valence-corrected chi connectivity index (χ3v) is 5.18. The molecule has 0 fully saturated rings. The van der Waals surface area contributed by atoms with E-state index in [2.05, 4.69) is 48.6 Å². The largest absolute Gasteiger partial charge is 0.456 e. The van der Waals surface area contributed by atoms with Crippen LogP contribution < -0.4 is 0 Å². The minimum Gasteiger partial charge on any atom is -0.456 e. The van der Waals surface area contributed by atoms with Gasteiger partial charge in [0, 0.05) is 27.6 Å². The van der Waals surface area contributed by atoms with Crippen LogP contribution in [-0.4, -0.2) is 0 Å². The average molecular weight is 322 g/mol. The molecule has 1 atom stereocenters. The van der Waals surface area contributed by atoms with Gasteiger partial charge >= 0.3 is 0 Å². The van der Waals surface area contributed by atoms with Gasteiger partial charge in [0.05, 0.1) is 0 Å². The standard InChI is InChI=1S/C23H14O2/c1-3-9-18-16(6-1)22-14(8-5-11-20(22)24-18)15-12-13-21-23(15)17-7-2-4-10-19(17)25-21/h1-13,15H. The van der Waals surface area contributed by atoms with Crippen molar-refractivity contribution in [1.82, 2.24) is 0 Å². The van der Waals surface area contributed by atoms with E-state index in [9.17, 15) is 0 Å². The number of hydrogen-bond donors (Lipinski definition) is 0. The Bertz CT molecular complexity index is 1300. The van der Waals surface area contributed by atoms with Crippen molar-refractivity contribution in [2.24, 2.45) is 0 Å². The van der Waals surface area contributed by atoms with Crippen LogP contribution in [0.4, 0.5) is 0 Å². The zero-order valence-electron chi connectivity index (χ0n) is 13.4. The summed E-state index contributed by atoms with van der Waals surface area (Å²) in [4.78, 5) is 0. The molecule has 2 aromatic heterocycles. The van der Waals surface area contributed by atoms with Gasteiger partial charge in [-0.25, -0.2) is 0 Å². The maximum absolute atomic E-state index is 6.06. The molecule has 0 saturated heterocycles. The third kappa shape index (κ3) is 1.69. The Balaban J connectivity index is 1.69. The summed E-state index contributed by atoms with van der Waals surface area (Å²) in [5.41, 5.74) is 5.35. The Morgan fingerprint density at radius 2 is 1.36 bits per heavy atom. The summed E-state index contributed by atoms with van der Waals surface area (Å²) in [7, 11) is 0. The van der Waals surface area contributed by atoms with Crippen molar-refractivity contribution in [3.8, 4) is 0 Å². The highest BCUT2D eigenvalue weighted by Crippen LogP contribution is 2.45. The first-order valence-electron chi connectivity index (χ1n) is 8.50. The van der Waals surface area contributed by atoms with E-state index in [4.69, 9.17) is 8.83 Å². The lowest BCUT2D eigenvalue weighted by Crippen LogP contribution is -1.95. The van der Waals surface area contributed by atoms with Gasteiger partial charge in [0.1, 0.15) is 22.5 Å². The van der Waals surface area contributed by atoms with E-state index >= 15 is 0 Å². The highest BCUT2D eigenvalue weighted by molar-refractivity contribution is 6.07. The van der Waals surface area contributed by atoms with Crippen molar-refractivity contribution in [2.75, 3.05) is 0 Å². The fraction of sp³-hybridized carbons (Fsp3) is 0.0435. The first kappa shape index (κ1) is 13.1. The smallest absolute Gasteiger partial charge is 0.135 e. The van der Waals surface area contributed by atoms with Gasteiger partial charge < -0.3 is 8.83 Å². The van der Waals surface area contributed by atoms with Crippen molar-refractivity contribution in [3.63, 3.8) is 0 Å². The van der Waals surface area contributed by atoms with Crippen molar-refractivity contribution < 1.29 is 8.83 Å². The number of furan rings is 2. The van der Waals surface area contributed by atoms with E-state index in [0.717, 1.165) is 22.5 Å². The van der Waals surface area contributed by atoms with Crippen LogP contribution in [0.3, 0.4) is 0 Å². The zero-order valence-corrected chi connectivity index (χ0v) is 13.4. The van der Waals surface area contributed by atoms with Gasteiger partial charge in [-0.2, -0.15) is 0 Å². The molecule has 1 unspecified atom stereocenters. The van der Waals surface area contributed by atoms with Gasteiger partial charge in [-0.05, 0) is 29.8 Å². The van der Waals surface area contributed by atoms with Crippen molar-refractivity contribution in [2.45, 2.75) is 5.92 Å². The molecule has 0 radical (unpaired) electrons. The summed E-state index contributed by atoms with van der Waals surface area (Å²) in [6, 6.07) is 22.8. The van der Waals surface area contributed by atoms with Crippen LogP contribution in [0.2, 0.25) is 0 Å². The monoisotopic (exact) mass is 322 g/mol. The van der Waals surface area contributed by atoms with E-state index in [1.54, 1.807) is 0 Å². The predicted molar refractivity (Wildman–Crippen MR) is 101 cm³/mol. The second-order valence-electron chi connectivity index (χ2n) is 6.53. The van der Waals surface area contributed by atoms with Gasteiger partial charge in [0.25, 0.3) is 0 Å². The molecule has 0 aliphatic heterocycles. The zero-order chi connectivity index (χ0) is 16.4. The SMILES string of the molecule is C1=CC(c2cccc3oc4ccccc4c23)c2c1oc1ccccc21. The van der Waals surface area contributed by atoms with Gasteiger partial charge in [-0.15, -0.1) is 0 Å². The maximum Gasteiger partial charge on any atom is 0.135 e. The number of rotatable bonds is 1. The minimum absolute atomic E-state index is 0.184. The number of benzene rings is 3. The van der Waals surface area contributed by atoms with Crippen LogP contribution in [0, 0.1) is 0 Å². The molecule has 5 aromatic rings. The summed E-state index contributed by atoms with van der Waals surface area (Å²) >= 11 is 0. The van der Waals surface area contributed by atoms with E-state index in [-0.39, 0.29) is 5.92 Å². The summed E-state index contributed by atoms with van der Waals surface area (Å²) in [6.07, 6.45) is 4.33. The van der Waals surface area contributed by atoms with Gasteiger partial charge in [-0.3, -0.25) is 0 Å². The molecule has 0 amide bonds. The number of hydrogen-bond acceptors (Lipinski definition) is 2. The maximum atomic E-state index is 6.06. The van der Waals surface area contributed by atoms with Gasteiger partial charge in [-0.1, -0.05) is 54.6 Å². The second-order valence-corrected chi connectivity index (χ2v) is 6.53. The lowest BCUT2D eigenvalue weighted by atomic mass is 9.89. The quantitative estimate of drug-likeness (QED) is 0.352. The normalized spacial score (nSPS) is 16.2. The molecule has 1 aliphatic rings. The molecule has 1 aliphatic carbocycles. The molecular formula is C23H14O2. The van der Waals surface area contributed by atoms with Crippen molar-refractivity contribution in [3.05, 3.63) is 89.7 Å². The average Bonchev–Trinajstić information content (AvgIpc) is 3.32. The fourth-order valence-corrected chi connectivity index (χ4v) is 4.13. The van der Waals surface area contributed by atoms with Crippen LogP contribution >= 0.6 is 0 Å². The first-order valence-corrected chi connectivity index (χ1v) is 8.50.